The van der Waals surface area contributed by atoms with Crippen molar-refractivity contribution < 1.29 is 0 Å². The summed E-state index contributed by atoms with van der Waals surface area (Å²) < 4.78 is 0. The molecule has 0 aromatic rings. The molecule has 0 unspecified atom stereocenters. The van der Waals surface area contributed by atoms with Crippen LogP contribution in [0.4, 0.5) is 0 Å². The van der Waals surface area contributed by atoms with Crippen LogP contribution in [0.1, 0.15) is 19.8 Å². The van der Waals surface area contributed by atoms with Gasteiger partial charge in [0.1, 0.15) is 0 Å². The number of hydrogen-bond donors (Lipinski definition) is 2. The monoisotopic (exact) mass is 99.1 g/mol. The molecule has 41 valence electrons. The van der Waals surface area contributed by atoms with Gasteiger partial charge in [0.2, 0.25) is 0 Å². The highest BCUT2D eigenvalue weighted by Crippen LogP contribution is 1.88. The Hall–Kier alpha value is -0.530. The highest BCUT2D eigenvalue weighted by Gasteiger charge is 1.84. The van der Waals surface area contributed by atoms with Crippen LogP contribution in [0, 0.1) is 11.8 Å². The van der Waals surface area contributed by atoms with E-state index in [1.54, 1.807) is 6.42 Å². The standard InChI is InChI=1S/C5H11N2/c1-2-3-4-5(6)7/h4H,2-3H2,1H3,(H3,6,7). The summed E-state index contributed by atoms with van der Waals surface area (Å²) in [6.45, 7) is 2.06. The fourth-order valence-corrected chi connectivity index (χ4v) is 0.300. The lowest BCUT2D eigenvalue weighted by Crippen LogP contribution is -2.08. The third kappa shape index (κ3) is 5.47. The van der Waals surface area contributed by atoms with Gasteiger partial charge in [-0.1, -0.05) is 13.3 Å². The van der Waals surface area contributed by atoms with E-state index in [0.29, 0.717) is 0 Å². The van der Waals surface area contributed by atoms with Crippen LogP contribution >= 0.6 is 0 Å². The molecule has 0 aliphatic carbocycles. The van der Waals surface area contributed by atoms with Gasteiger partial charge in [-0.25, -0.2) is 0 Å². The quantitative estimate of drug-likeness (QED) is 0.401. The van der Waals surface area contributed by atoms with Crippen LogP contribution in [0.5, 0.6) is 0 Å². The molecule has 2 heteroatoms. The minimum atomic E-state index is 0.182. The Morgan fingerprint density at radius 2 is 2.43 bits per heavy atom. The van der Waals surface area contributed by atoms with Crippen molar-refractivity contribution in [2.45, 2.75) is 19.8 Å². The van der Waals surface area contributed by atoms with Gasteiger partial charge in [-0.15, -0.1) is 0 Å². The molecule has 3 N–H and O–H groups in total. The number of rotatable bonds is 3. The zero-order valence-corrected chi connectivity index (χ0v) is 4.57. The summed E-state index contributed by atoms with van der Waals surface area (Å²) in [5.41, 5.74) is 5.01. The van der Waals surface area contributed by atoms with Gasteiger partial charge in [0, 0.05) is 6.42 Å². The Balaban J connectivity index is 2.82. The minimum Gasteiger partial charge on any atom is -0.387 e. The van der Waals surface area contributed by atoms with Crippen molar-refractivity contribution in [1.82, 2.24) is 0 Å². The largest absolute Gasteiger partial charge is 0.387 e. The first-order chi connectivity index (χ1) is 3.27. The highest BCUT2D eigenvalue weighted by atomic mass is 14.7. The second-order valence-corrected chi connectivity index (χ2v) is 1.45. The van der Waals surface area contributed by atoms with Crippen LogP contribution in [0.25, 0.3) is 0 Å². The number of nitrogens with two attached hydrogens (primary N) is 1. The zero-order valence-electron chi connectivity index (χ0n) is 4.57. The molecule has 7 heavy (non-hydrogen) atoms. The average Bonchev–Trinajstić information content (AvgIpc) is 1.61. The fraction of sp³-hybridized carbons (Fsp3) is 0.600. The number of nitrogens with one attached hydrogen (secondary N) is 1. The maximum atomic E-state index is 6.72. The van der Waals surface area contributed by atoms with E-state index in [1.807, 2.05) is 0 Å². The molecule has 0 aliphatic heterocycles. The second-order valence-electron chi connectivity index (χ2n) is 1.45. The van der Waals surface area contributed by atoms with Crippen molar-refractivity contribution in [1.29, 1.82) is 5.41 Å². The summed E-state index contributed by atoms with van der Waals surface area (Å²) in [7, 11) is 0. The Morgan fingerprint density at radius 1 is 1.86 bits per heavy atom. The predicted molar refractivity (Wildman–Crippen MR) is 31.1 cm³/mol. The van der Waals surface area contributed by atoms with E-state index in [2.05, 4.69) is 6.92 Å². The van der Waals surface area contributed by atoms with E-state index in [0.717, 1.165) is 12.8 Å². The number of amidine groups is 1. The summed E-state index contributed by atoms with van der Waals surface area (Å²) in [5, 5.41) is 6.72. The lowest BCUT2D eigenvalue weighted by Gasteiger charge is -1.89. The van der Waals surface area contributed by atoms with Crippen molar-refractivity contribution in [3.05, 3.63) is 6.42 Å². The highest BCUT2D eigenvalue weighted by molar-refractivity contribution is 5.85. The average molecular weight is 99.2 g/mol. The molecule has 2 nitrogen and oxygen atoms in total. The van der Waals surface area contributed by atoms with E-state index in [-0.39, 0.29) is 5.84 Å². The van der Waals surface area contributed by atoms with E-state index in [4.69, 9.17) is 11.1 Å². The van der Waals surface area contributed by atoms with Gasteiger partial charge in [0.05, 0.1) is 5.84 Å². The first-order valence-corrected chi connectivity index (χ1v) is 2.44. The summed E-state index contributed by atoms with van der Waals surface area (Å²) in [5.74, 6) is 0.182. The summed E-state index contributed by atoms with van der Waals surface area (Å²) >= 11 is 0. The van der Waals surface area contributed by atoms with Crippen molar-refractivity contribution in [3.8, 4) is 0 Å². The van der Waals surface area contributed by atoms with E-state index in [9.17, 15) is 0 Å². The van der Waals surface area contributed by atoms with Crippen LogP contribution in [0.3, 0.4) is 0 Å². The van der Waals surface area contributed by atoms with Crippen molar-refractivity contribution >= 4 is 5.84 Å². The van der Waals surface area contributed by atoms with Crippen LogP contribution in [-0.4, -0.2) is 5.84 Å². The van der Waals surface area contributed by atoms with Crippen LogP contribution in [0.2, 0.25) is 0 Å². The van der Waals surface area contributed by atoms with Crippen molar-refractivity contribution in [2.75, 3.05) is 0 Å². The third-order valence-corrected chi connectivity index (χ3v) is 0.653. The Morgan fingerprint density at radius 3 is 2.57 bits per heavy atom. The Kier molecular flexibility index (Phi) is 3.38. The zero-order chi connectivity index (χ0) is 5.70. The van der Waals surface area contributed by atoms with Crippen LogP contribution in [0.15, 0.2) is 0 Å². The molecule has 0 saturated carbocycles. The molecule has 0 fully saturated rings. The molecule has 0 heterocycles. The lowest BCUT2D eigenvalue weighted by molar-refractivity contribution is 0.928. The smallest absolute Gasteiger partial charge is 0.0944 e. The molecule has 0 rings (SSSR count). The number of unbranched alkanes of at least 4 members (excludes halogenated alkanes) is 1. The van der Waals surface area contributed by atoms with Crippen molar-refractivity contribution in [3.63, 3.8) is 0 Å². The number of hydrogen-bond acceptors (Lipinski definition) is 1. The molecule has 0 bridgehead atoms. The second kappa shape index (κ2) is 3.65. The molecule has 1 radical (unpaired) electrons. The first kappa shape index (κ1) is 6.47. The van der Waals surface area contributed by atoms with Gasteiger partial charge < -0.3 is 5.73 Å². The molecule has 0 spiro atoms. The van der Waals surface area contributed by atoms with Gasteiger partial charge in [0.25, 0.3) is 0 Å². The summed E-state index contributed by atoms with van der Waals surface area (Å²) in [6.07, 6.45) is 3.70. The molecule has 0 aromatic heterocycles. The molecule has 0 amide bonds. The normalized spacial score (nSPS) is 8.71. The minimum absolute atomic E-state index is 0.182. The van der Waals surface area contributed by atoms with Gasteiger partial charge in [-0.3, -0.25) is 5.41 Å². The van der Waals surface area contributed by atoms with Gasteiger partial charge in [0.15, 0.2) is 0 Å². The topological polar surface area (TPSA) is 49.9 Å². The Bertz CT molecular complexity index is 59.1. The van der Waals surface area contributed by atoms with Crippen molar-refractivity contribution in [2.24, 2.45) is 5.73 Å². The fourth-order valence-electron chi connectivity index (χ4n) is 0.300. The van der Waals surface area contributed by atoms with E-state index >= 15 is 0 Å². The predicted octanol–water partition coefficient (Wildman–Crippen LogP) is 0.927. The van der Waals surface area contributed by atoms with Crippen LogP contribution < -0.4 is 5.73 Å². The van der Waals surface area contributed by atoms with Gasteiger partial charge >= 0.3 is 0 Å². The van der Waals surface area contributed by atoms with Crippen LogP contribution in [-0.2, 0) is 0 Å². The maximum absolute atomic E-state index is 6.72. The SMILES string of the molecule is CCC[CH]C(=N)N. The maximum Gasteiger partial charge on any atom is 0.0944 e. The van der Waals surface area contributed by atoms with E-state index < -0.39 is 0 Å². The molecule has 0 atom stereocenters. The first-order valence-electron chi connectivity index (χ1n) is 2.44. The third-order valence-electron chi connectivity index (χ3n) is 0.653. The lowest BCUT2D eigenvalue weighted by atomic mass is 10.2. The summed E-state index contributed by atoms with van der Waals surface area (Å²) in [4.78, 5) is 0. The molecule has 0 saturated heterocycles. The van der Waals surface area contributed by atoms with E-state index in [1.165, 1.54) is 0 Å². The van der Waals surface area contributed by atoms with Gasteiger partial charge in [-0.2, -0.15) is 0 Å². The molecule has 0 aliphatic rings. The Labute approximate surface area is 44.2 Å². The molecule has 0 aromatic carbocycles. The molecular formula is C5H11N2. The van der Waals surface area contributed by atoms with Gasteiger partial charge in [-0.05, 0) is 6.42 Å². The summed E-state index contributed by atoms with van der Waals surface area (Å²) in [6, 6.07) is 0. The molecular weight excluding hydrogens is 88.1 g/mol.